The van der Waals surface area contributed by atoms with Crippen molar-refractivity contribution in [2.45, 2.75) is 58.3 Å². The lowest BCUT2D eigenvalue weighted by Crippen LogP contribution is -2.17. The molecule has 1 N–H and O–H groups in total. The van der Waals surface area contributed by atoms with Crippen molar-refractivity contribution in [1.82, 2.24) is 0 Å². The van der Waals surface area contributed by atoms with Crippen LogP contribution in [0, 0.1) is 13.8 Å². The Morgan fingerprint density at radius 1 is 0.875 bits per heavy atom. The molecule has 2 aromatic carbocycles. The number of hydrogen-bond acceptors (Lipinski definition) is 2. The van der Waals surface area contributed by atoms with Crippen LogP contribution in [0.1, 0.15) is 61.8 Å². The Morgan fingerprint density at radius 2 is 1.42 bits per heavy atom. The summed E-state index contributed by atoms with van der Waals surface area (Å²) in [6, 6.07) is 11.4. The lowest BCUT2D eigenvalue weighted by molar-refractivity contribution is 0.600. The van der Waals surface area contributed by atoms with Crippen LogP contribution in [-0.2, 0) is 10.0 Å². The minimum absolute atomic E-state index is 0.237. The van der Waals surface area contributed by atoms with E-state index in [1.807, 2.05) is 44.2 Å². The molecule has 0 unspecified atom stereocenters. The number of sulfonamides is 1. The first-order valence-electron chi connectivity index (χ1n) is 8.36. The van der Waals surface area contributed by atoms with E-state index < -0.39 is 10.0 Å². The highest BCUT2D eigenvalue weighted by atomic mass is 32.2. The van der Waals surface area contributed by atoms with Crippen molar-refractivity contribution in [2.24, 2.45) is 0 Å². The van der Waals surface area contributed by atoms with Crippen LogP contribution in [0.4, 0.5) is 5.69 Å². The number of para-hydroxylation sites is 1. The fraction of sp³-hybridized carbons (Fsp3) is 0.400. The summed E-state index contributed by atoms with van der Waals surface area (Å²) in [6.07, 6.45) is 0. The zero-order chi connectivity index (χ0) is 18.1. The predicted octanol–water partition coefficient (Wildman–Crippen LogP) is 5.35. The van der Waals surface area contributed by atoms with E-state index in [1.54, 1.807) is 6.07 Å². The minimum Gasteiger partial charge on any atom is -0.279 e. The van der Waals surface area contributed by atoms with E-state index in [1.165, 1.54) is 0 Å². The molecule has 0 fully saturated rings. The molecular weight excluding hydrogens is 318 g/mol. The molecule has 0 aliphatic carbocycles. The zero-order valence-electron chi connectivity index (χ0n) is 15.3. The monoisotopic (exact) mass is 345 g/mol. The fourth-order valence-electron chi connectivity index (χ4n) is 2.96. The molecule has 0 saturated heterocycles. The van der Waals surface area contributed by atoms with E-state index in [2.05, 4.69) is 32.4 Å². The molecule has 2 aromatic rings. The highest BCUT2D eigenvalue weighted by molar-refractivity contribution is 7.92. The molecule has 0 atom stereocenters. The van der Waals surface area contributed by atoms with Gasteiger partial charge in [0.1, 0.15) is 0 Å². The molecule has 130 valence electrons. The standard InChI is InChI=1S/C20H27NO2S/c1-13(2)17-8-7-9-18(14(3)4)20(17)21-24(22,23)19-11-10-15(5)12-16(19)6/h7-14,21H,1-6H3. The normalized spacial score (nSPS) is 12.0. The average molecular weight is 346 g/mol. The maximum atomic E-state index is 13.0. The molecule has 0 bridgehead atoms. The molecule has 0 radical (unpaired) electrons. The van der Waals surface area contributed by atoms with Gasteiger partial charge in [-0.1, -0.05) is 63.6 Å². The van der Waals surface area contributed by atoms with Gasteiger partial charge in [0.15, 0.2) is 0 Å². The van der Waals surface area contributed by atoms with Gasteiger partial charge in [0.05, 0.1) is 10.6 Å². The summed E-state index contributed by atoms with van der Waals surface area (Å²) >= 11 is 0. The van der Waals surface area contributed by atoms with E-state index in [-0.39, 0.29) is 11.8 Å². The van der Waals surface area contributed by atoms with E-state index in [4.69, 9.17) is 0 Å². The van der Waals surface area contributed by atoms with Crippen molar-refractivity contribution in [3.63, 3.8) is 0 Å². The van der Waals surface area contributed by atoms with Crippen LogP contribution in [0.15, 0.2) is 41.3 Å². The number of aryl methyl sites for hydroxylation is 2. The van der Waals surface area contributed by atoms with Gasteiger partial charge in [-0.2, -0.15) is 0 Å². The van der Waals surface area contributed by atoms with Gasteiger partial charge in [0.25, 0.3) is 10.0 Å². The Morgan fingerprint density at radius 3 is 1.88 bits per heavy atom. The third-order valence-corrected chi connectivity index (χ3v) is 5.74. The second-order valence-electron chi connectivity index (χ2n) is 7.00. The molecule has 3 nitrogen and oxygen atoms in total. The van der Waals surface area contributed by atoms with Crippen molar-refractivity contribution in [3.8, 4) is 0 Å². The molecule has 24 heavy (non-hydrogen) atoms. The van der Waals surface area contributed by atoms with Crippen LogP contribution >= 0.6 is 0 Å². The van der Waals surface area contributed by atoms with Crippen LogP contribution < -0.4 is 4.72 Å². The largest absolute Gasteiger partial charge is 0.279 e. The average Bonchev–Trinajstić information content (AvgIpc) is 2.45. The van der Waals surface area contributed by atoms with Crippen molar-refractivity contribution in [2.75, 3.05) is 4.72 Å². The van der Waals surface area contributed by atoms with Crippen molar-refractivity contribution < 1.29 is 8.42 Å². The summed E-state index contributed by atoms with van der Waals surface area (Å²) in [7, 11) is -3.62. The first-order chi connectivity index (χ1) is 11.1. The molecule has 4 heteroatoms. The molecule has 0 saturated carbocycles. The molecule has 2 rings (SSSR count). The summed E-state index contributed by atoms with van der Waals surface area (Å²) in [6.45, 7) is 12.1. The van der Waals surface area contributed by atoms with Crippen LogP contribution in [0.25, 0.3) is 0 Å². The Labute approximate surface area is 146 Å². The second kappa shape index (κ2) is 6.98. The van der Waals surface area contributed by atoms with Crippen LogP contribution in [0.5, 0.6) is 0 Å². The third kappa shape index (κ3) is 3.81. The first-order valence-corrected chi connectivity index (χ1v) is 9.84. The molecule has 0 aliphatic rings. The Hall–Kier alpha value is -1.81. The quantitative estimate of drug-likeness (QED) is 0.794. The van der Waals surface area contributed by atoms with E-state index in [0.717, 1.165) is 27.9 Å². The van der Waals surface area contributed by atoms with Crippen LogP contribution in [0.3, 0.4) is 0 Å². The topological polar surface area (TPSA) is 46.2 Å². The van der Waals surface area contributed by atoms with Gasteiger partial charge in [-0.3, -0.25) is 4.72 Å². The predicted molar refractivity (Wildman–Crippen MR) is 101 cm³/mol. The lowest BCUT2D eigenvalue weighted by atomic mass is 9.93. The van der Waals surface area contributed by atoms with Crippen molar-refractivity contribution in [3.05, 3.63) is 58.7 Å². The summed E-state index contributed by atoms with van der Waals surface area (Å²) < 4.78 is 28.8. The molecule has 0 aromatic heterocycles. The molecule has 0 amide bonds. The van der Waals surface area contributed by atoms with Gasteiger partial charge in [-0.15, -0.1) is 0 Å². The second-order valence-corrected chi connectivity index (χ2v) is 8.65. The maximum Gasteiger partial charge on any atom is 0.262 e. The smallest absolute Gasteiger partial charge is 0.262 e. The van der Waals surface area contributed by atoms with Crippen molar-refractivity contribution >= 4 is 15.7 Å². The van der Waals surface area contributed by atoms with Crippen LogP contribution in [0.2, 0.25) is 0 Å². The summed E-state index contributed by atoms with van der Waals surface area (Å²) in [4.78, 5) is 0.335. The van der Waals surface area contributed by atoms with Crippen LogP contribution in [-0.4, -0.2) is 8.42 Å². The zero-order valence-corrected chi connectivity index (χ0v) is 16.2. The van der Waals surface area contributed by atoms with Crippen molar-refractivity contribution in [1.29, 1.82) is 0 Å². The van der Waals surface area contributed by atoms with E-state index >= 15 is 0 Å². The third-order valence-electron chi connectivity index (χ3n) is 4.23. The summed E-state index contributed by atoms with van der Waals surface area (Å²) in [5, 5.41) is 0. The first kappa shape index (κ1) is 18.5. The van der Waals surface area contributed by atoms with Gasteiger partial charge in [-0.25, -0.2) is 8.42 Å². The number of anilines is 1. The maximum absolute atomic E-state index is 13.0. The summed E-state index contributed by atoms with van der Waals surface area (Å²) in [5.74, 6) is 0.473. The van der Waals surface area contributed by atoms with Gasteiger partial charge in [0, 0.05) is 0 Å². The SMILES string of the molecule is Cc1ccc(S(=O)(=O)Nc2c(C(C)C)cccc2C(C)C)c(C)c1. The Kier molecular flexibility index (Phi) is 5.38. The summed E-state index contributed by atoms with van der Waals surface area (Å²) in [5.41, 5.74) is 4.58. The number of hydrogen-bond donors (Lipinski definition) is 1. The lowest BCUT2D eigenvalue weighted by Gasteiger charge is -2.21. The Bertz CT molecular complexity index is 810. The van der Waals surface area contributed by atoms with E-state index in [0.29, 0.717) is 4.90 Å². The molecule has 0 aliphatic heterocycles. The molecular formula is C20H27NO2S. The number of benzene rings is 2. The van der Waals surface area contributed by atoms with Gasteiger partial charge in [0.2, 0.25) is 0 Å². The molecule has 0 heterocycles. The van der Waals surface area contributed by atoms with E-state index in [9.17, 15) is 8.42 Å². The van der Waals surface area contributed by atoms with Gasteiger partial charge >= 0.3 is 0 Å². The molecule has 0 spiro atoms. The number of nitrogens with one attached hydrogen (secondary N) is 1. The number of rotatable bonds is 5. The highest BCUT2D eigenvalue weighted by Gasteiger charge is 2.22. The minimum atomic E-state index is -3.62. The van der Waals surface area contributed by atoms with Gasteiger partial charge in [-0.05, 0) is 48.4 Å². The van der Waals surface area contributed by atoms with Gasteiger partial charge < -0.3 is 0 Å². The highest BCUT2D eigenvalue weighted by Crippen LogP contribution is 2.34. The fourth-order valence-corrected chi connectivity index (χ4v) is 4.30. The Balaban J connectivity index is 2.57.